The molecule has 90 valence electrons. The maximum Gasteiger partial charge on any atom is 0.254 e. The van der Waals surface area contributed by atoms with Crippen molar-refractivity contribution in [2.45, 2.75) is 25.8 Å². The molecule has 0 bridgehead atoms. The Morgan fingerprint density at radius 2 is 2.06 bits per heavy atom. The predicted octanol–water partition coefficient (Wildman–Crippen LogP) is 0.573. The van der Waals surface area contributed by atoms with E-state index >= 15 is 0 Å². The highest BCUT2D eigenvalue weighted by atomic mass is 15.4. The molecule has 0 aromatic carbocycles. The summed E-state index contributed by atoms with van der Waals surface area (Å²) < 4.78 is 1.74. The average molecular weight is 232 g/mol. The summed E-state index contributed by atoms with van der Waals surface area (Å²) in [5.74, 6) is 1.41. The zero-order chi connectivity index (χ0) is 11.7. The molecule has 0 aliphatic carbocycles. The van der Waals surface area contributed by atoms with Crippen molar-refractivity contribution in [3.05, 3.63) is 18.0 Å². The second-order valence-corrected chi connectivity index (χ2v) is 4.31. The van der Waals surface area contributed by atoms with Gasteiger partial charge >= 0.3 is 0 Å². The fraction of sp³-hybridized carbons (Fsp3) is 0.545. The second-order valence-electron chi connectivity index (χ2n) is 4.31. The van der Waals surface area contributed by atoms with Gasteiger partial charge in [0, 0.05) is 25.8 Å². The Kier molecular flexibility index (Phi) is 2.64. The first-order chi connectivity index (χ1) is 8.38. The number of anilines is 1. The molecule has 3 heterocycles. The summed E-state index contributed by atoms with van der Waals surface area (Å²) in [5, 5.41) is 4.50. The molecule has 2 aromatic heterocycles. The lowest BCUT2D eigenvalue weighted by Crippen LogP contribution is -2.30. The smallest absolute Gasteiger partial charge is 0.254 e. The third kappa shape index (κ3) is 1.84. The van der Waals surface area contributed by atoms with Gasteiger partial charge in [0.15, 0.2) is 0 Å². The fourth-order valence-corrected chi connectivity index (χ4v) is 2.21. The third-order valence-corrected chi connectivity index (χ3v) is 3.16. The van der Waals surface area contributed by atoms with Crippen LogP contribution in [0.4, 0.5) is 5.95 Å². The van der Waals surface area contributed by atoms with E-state index < -0.39 is 0 Å². The minimum atomic E-state index is 0.446. The number of fused-ring (bicyclic) bond motifs is 1. The molecular formula is C11H16N6. The molecule has 2 N–H and O–H groups in total. The van der Waals surface area contributed by atoms with Crippen molar-refractivity contribution in [2.75, 3.05) is 18.0 Å². The first-order valence-electron chi connectivity index (χ1n) is 6.04. The number of nitrogens with zero attached hydrogens (tertiary/aromatic N) is 5. The first-order valence-corrected chi connectivity index (χ1v) is 6.04. The lowest BCUT2D eigenvalue weighted by atomic mass is 10.1. The van der Waals surface area contributed by atoms with Gasteiger partial charge in [-0.05, 0) is 25.3 Å². The Morgan fingerprint density at radius 3 is 2.82 bits per heavy atom. The van der Waals surface area contributed by atoms with Crippen LogP contribution in [0.3, 0.4) is 0 Å². The maximum absolute atomic E-state index is 5.67. The van der Waals surface area contributed by atoms with Crippen molar-refractivity contribution in [1.29, 1.82) is 0 Å². The standard InChI is InChI=1S/C11H16N6/c12-8-9-4-5-13-10-14-11(15-17(9)10)16-6-2-1-3-7-16/h4-5H,1-3,6-8,12H2. The molecule has 0 saturated carbocycles. The van der Waals surface area contributed by atoms with Gasteiger partial charge in [0.2, 0.25) is 5.95 Å². The second kappa shape index (κ2) is 4.29. The van der Waals surface area contributed by atoms with Crippen LogP contribution in [-0.4, -0.2) is 32.7 Å². The van der Waals surface area contributed by atoms with E-state index in [0.29, 0.717) is 12.3 Å². The van der Waals surface area contributed by atoms with Crippen molar-refractivity contribution in [3.8, 4) is 0 Å². The lowest BCUT2D eigenvalue weighted by molar-refractivity contribution is 0.568. The van der Waals surface area contributed by atoms with Gasteiger partial charge in [0.05, 0.1) is 5.69 Å². The number of rotatable bonds is 2. The molecule has 1 fully saturated rings. The Labute approximate surface area is 99.5 Å². The molecule has 0 spiro atoms. The molecule has 2 aromatic rings. The molecule has 0 amide bonds. The van der Waals surface area contributed by atoms with Crippen LogP contribution in [0.1, 0.15) is 25.0 Å². The summed E-state index contributed by atoms with van der Waals surface area (Å²) in [7, 11) is 0. The highest BCUT2D eigenvalue weighted by molar-refractivity contribution is 5.40. The van der Waals surface area contributed by atoms with Crippen LogP contribution in [0.15, 0.2) is 12.3 Å². The van der Waals surface area contributed by atoms with Gasteiger partial charge in [-0.1, -0.05) is 0 Å². The summed E-state index contributed by atoms with van der Waals surface area (Å²) in [6, 6.07) is 1.88. The number of hydrogen-bond acceptors (Lipinski definition) is 5. The van der Waals surface area contributed by atoms with E-state index in [9.17, 15) is 0 Å². The minimum Gasteiger partial charge on any atom is -0.339 e. The molecule has 1 aliphatic rings. The zero-order valence-corrected chi connectivity index (χ0v) is 9.71. The van der Waals surface area contributed by atoms with Crippen molar-refractivity contribution in [1.82, 2.24) is 19.6 Å². The van der Waals surface area contributed by atoms with Gasteiger partial charge in [-0.3, -0.25) is 0 Å². The minimum absolute atomic E-state index is 0.446. The molecule has 0 radical (unpaired) electrons. The molecule has 0 unspecified atom stereocenters. The van der Waals surface area contributed by atoms with Crippen LogP contribution in [-0.2, 0) is 6.54 Å². The number of piperidine rings is 1. The molecule has 6 nitrogen and oxygen atoms in total. The van der Waals surface area contributed by atoms with Crippen molar-refractivity contribution in [2.24, 2.45) is 5.73 Å². The lowest BCUT2D eigenvalue weighted by Gasteiger charge is -2.24. The third-order valence-electron chi connectivity index (χ3n) is 3.16. The van der Waals surface area contributed by atoms with Gasteiger partial charge in [0.1, 0.15) is 0 Å². The average Bonchev–Trinajstić information content (AvgIpc) is 2.83. The number of nitrogens with two attached hydrogens (primary N) is 1. The van der Waals surface area contributed by atoms with Crippen LogP contribution in [0.5, 0.6) is 0 Å². The summed E-state index contributed by atoms with van der Waals surface area (Å²) in [6.07, 6.45) is 5.46. The van der Waals surface area contributed by atoms with Crippen LogP contribution in [0.2, 0.25) is 0 Å². The topological polar surface area (TPSA) is 72.3 Å². The van der Waals surface area contributed by atoms with E-state index in [1.165, 1.54) is 19.3 Å². The molecular weight excluding hydrogens is 216 g/mol. The van der Waals surface area contributed by atoms with Gasteiger partial charge < -0.3 is 10.6 Å². The van der Waals surface area contributed by atoms with E-state index in [1.807, 2.05) is 6.07 Å². The Balaban J connectivity index is 2.00. The van der Waals surface area contributed by atoms with Crippen molar-refractivity contribution in [3.63, 3.8) is 0 Å². The van der Waals surface area contributed by atoms with E-state index in [0.717, 1.165) is 24.7 Å². The fourth-order valence-electron chi connectivity index (χ4n) is 2.21. The highest BCUT2D eigenvalue weighted by Crippen LogP contribution is 2.16. The van der Waals surface area contributed by atoms with Crippen LogP contribution < -0.4 is 10.6 Å². The molecule has 3 rings (SSSR count). The number of hydrogen-bond donors (Lipinski definition) is 1. The van der Waals surface area contributed by atoms with Gasteiger partial charge in [0.25, 0.3) is 5.78 Å². The SMILES string of the molecule is NCc1ccnc2nc(N3CCCCC3)nn12. The summed E-state index contributed by atoms with van der Waals surface area (Å²) in [5.41, 5.74) is 6.61. The van der Waals surface area contributed by atoms with Gasteiger partial charge in [-0.25, -0.2) is 4.98 Å². The Hall–Kier alpha value is -1.69. The Bertz CT molecular complexity index is 514. The summed E-state index contributed by atoms with van der Waals surface area (Å²) in [6.45, 7) is 2.52. The summed E-state index contributed by atoms with van der Waals surface area (Å²) in [4.78, 5) is 10.9. The van der Waals surface area contributed by atoms with Gasteiger partial charge in [-0.15, -0.1) is 5.10 Å². The van der Waals surface area contributed by atoms with Crippen LogP contribution in [0.25, 0.3) is 5.78 Å². The first kappa shape index (κ1) is 10.5. The molecule has 0 atom stereocenters. The van der Waals surface area contributed by atoms with E-state index in [1.54, 1.807) is 10.7 Å². The largest absolute Gasteiger partial charge is 0.339 e. The molecule has 6 heteroatoms. The van der Waals surface area contributed by atoms with Crippen molar-refractivity contribution < 1.29 is 0 Å². The Morgan fingerprint density at radius 1 is 1.24 bits per heavy atom. The zero-order valence-electron chi connectivity index (χ0n) is 9.71. The van der Waals surface area contributed by atoms with E-state index in [4.69, 9.17) is 5.73 Å². The normalized spacial score (nSPS) is 16.6. The number of aromatic nitrogens is 4. The maximum atomic E-state index is 5.67. The quantitative estimate of drug-likeness (QED) is 0.819. The van der Waals surface area contributed by atoms with Crippen LogP contribution in [0, 0.1) is 0 Å². The van der Waals surface area contributed by atoms with Gasteiger partial charge in [-0.2, -0.15) is 9.50 Å². The monoisotopic (exact) mass is 232 g/mol. The van der Waals surface area contributed by atoms with Crippen LogP contribution >= 0.6 is 0 Å². The highest BCUT2D eigenvalue weighted by Gasteiger charge is 2.16. The van der Waals surface area contributed by atoms with E-state index in [2.05, 4.69) is 20.0 Å². The molecule has 1 aliphatic heterocycles. The summed E-state index contributed by atoms with van der Waals surface area (Å²) >= 11 is 0. The molecule has 1 saturated heterocycles. The molecule has 17 heavy (non-hydrogen) atoms. The van der Waals surface area contributed by atoms with Crippen molar-refractivity contribution >= 4 is 11.7 Å². The predicted molar refractivity (Wildman–Crippen MR) is 64.7 cm³/mol. The van der Waals surface area contributed by atoms with E-state index in [-0.39, 0.29) is 0 Å².